The van der Waals surface area contributed by atoms with Gasteiger partial charge in [-0.25, -0.2) is 0 Å². The van der Waals surface area contributed by atoms with E-state index < -0.39 is 17.8 Å². The molecule has 1 N–H and O–H groups in total. The SMILES string of the molecule is CCC(=O)O[C@H]1[C@H](c2ccc(C(F)(F)F)cc2)NCCC12SCCS2. The van der Waals surface area contributed by atoms with Crippen molar-refractivity contribution in [2.45, 2.75) is 42.2 Å². The molecule has 0 aromatic heterocycles. The molecule has 2 heterocycles. The first-order valence-electron chi connectivity index (χ1n) is 8.23. The summed E-state index contributed by atoms with van der Waals surface area (Å²) >= 11 is 3.60. The molecule has 2 aliphatic rings. The Bertz CT molecular complexity index is 615. The molecule has 3 rings (SSSR count). The maximum Gasteiger partial charge on any atom is 0.416 e. The number of ether oxygens (including phenoxy) is 1. The van der Waals surface area contributed by atoms with Gasteiger partial charge in [0.2, 0.25) is 0 Å². The number of carbonyl (C=O) groups excluding carboxylic acids is 1. The lowest BCUT2D eigenvalue weighted by atomic mass is 9.92. The first kappa shape index (κ1) is 18.9. The van der Waals surface area contributed by atoms with Crippen LogP contribution in [0.5, 0.6) is 0 Å². The molecule has 2 fully saturated rings. The van der Waals surface area contributed by atoms with E-state index >= 15 is 0 Å². The molecule has 1 aromatic carbocycles. The minimum absolute atomic E-state index is 0.219. The largest absolute Gasteiger partial charge is 0.458 e. The highest BCUT2D eigenvalue weighted by atomic mass is 32.2. The van der Waals surface area contributed by atoms with E-state index in [9.17, 15) is 18.0 Å². The van der Waals surface area contributed by atoms with E-state index in [0.29, 0.717) is 5.56 Å². The Morgan fingerprint density at radius 3 is 2.48 bits per heavy atom. The van der Waals surface area contributed by atoms with Gasteiger partial charge in [-0.15, -0.1) is 23.5 Å². The Balaban J connectivity index is 1.90. The monoisotopic (exact) mass is 391 g/mol. The fraction of sp³-hybridized carbons (Fsp3) is 0.588. The van der Waals surface area contributed by atoms with E-state index in [4.69, 9.17) is 4.74 Å². The van der Waals surface area contributed by atoms with Gasteiger partial charge < -0.3 is 10.1 Å². The molecule has 25 heavy (non-hydrogen) atoms. The van der Waals surface area contributed by atoms with Gasteiger partial charge in [-0.2, -0.15) is 13.2 Å². The van der Waals surface area contributed by atoms with E-state index in [1.807, 2.05) is 0 Å². The maximum atomic E-state index is 12.8. The zero-order chi connectivity index (χ0) is 18.1. The number of carbonyl (C=O) groups is 1. The van der Waals surface area contributed by atoms with Crippen LogP contribution in [-0.4, -0.2) is 34.2 Å². The summed E-state index contributed by atoms with van der Waals surface area (Å²) in [6, 6.07) is 4.84. The summed E-state index contributed by atoms with van der Waals surface area (Å²) in [5.74, 6) is 1.70. The van der Waals surface area contributed by atoms with Crippen LogP contribution in [0.3, 0.4) is 0 Å². The third-order valence-corrected chi connectivity index (χ3v) is 8.13. The molecule has 1 aromatic rings. The standard InChI is InChI=1S/C17H20F3NO2S2/c1-2-13(22)23-15-14(21-8-7-16(15)24-9-10-25-16)11-3-5-12(6-4-11)17(18,19)20/h3-6,14-15,21H,2,7-10H2,1H3/t14-,15-/m0/s1. The van der Waals surface area contributed by atoms with Gasteiger partial charge in [0.25, 0.3) is 0 Å². The smallest absolute Gasteiger partial charge is 0.416 e. The number of nitrogens with one attached hydrogen (secondary N) is 1. The average molecular weight is 391 g/mol. The Morgan fingerprint density at radius 2 is 1.92 bits per heavy atom. The van der Waals surface area contributed by atoms with Crippen LogP contribution in [-0.2, 0) is 15.7 Å². The Hall–Kier alpha value is -0.860. The molecule has 0 bridgehead atoms. The van der Waals surface area contributed by atoms with Crippen molar-refractivity contribution in [1.82, 2.24) is 5.32 Å². The van der Waals surface area contributed by atoms with Crippen LogP contribution in [0.4, 0.5) is 13.2 Å². The molecule has 0 radical (unpaired) electrons. The van der Waals surface area contributed by atoms with Gasteiger partial charge in [-0.3, -0.25) is 4.79 Å². The molecule has 1 spiro atoms. The summed E-state index contributed by atoms with van der Waals surface area (Å²) in [5, 5.41) is 3.34. The summed E-state index contributed by atoms with van der Waals surface area (Å²) in [5.41, 5.74) is 0.0440. The van der Waals surface area contributed by atoms with Gasteiger partial charge in [-0.05, 0) is 30.7 Å². The molecule has 2 atom stereocenters. The quantitative estimate of drug-likeness (QED) is 0.781. The molecule has 138 valence electrons. The first-order valence-corrected chi connectivity index (χ1v) is 10.2. The van der Waals surface area contributed by atoms with E-state index in [-0.39, 0.29) is 22.5 Å². The van der Waals surface area contributed by atoms with E-state index in [0.717, 1.165) is 36.6 Å². The van der Waals surface area contributed by atoms with E-state index in [1.165, 1.54) is 12.1 Å². The summed E-state index contributed by atoms with van der Waals surface area (Å²) < 4.78 is 44.0. The lowest BCUT2D eigenvalue weighted by molar-refractivity contribution is -0.151. The predicted molar refractivity (Wildman–Crippen MR) is 94.6 cm³/mol. The van der Waals surface area contributed by atoms with Crippen molar-refractivity contribution in [2.75, 3.05) is 18.1 Å². The normalized spacial score (nSPS) is 25.9. The molecule has 0 amide bonds. The van der Waals surface area contributed by atoms with E-state index in [2.05, 4.69) is 5.32 Å². The third kappa shape index (κ3) is 3.95. The third-order valence-electron chi connectivity index (χ3n) is 4.49. The van der Waals surface area contributed by atoms with Crippen molar-refractivity contribution < 1.29 is 22.7 Å². The highest BCUT2D eigenvalue weighted by molar-refractivity contribution is 8.21. The molecule has 0 saturated carbocycles. The fourth-order valence-electron chi connectivity index (χ4n) is 3.24. The molecule has 2 aliphatic heterocycles. The van der Waals surface area contributed by atoms with Crippen molar-refractivity contribution in [3.8, 4) is 0 Å². The van der Waals surface area contributed by atoms with Crippen LogP contribution in [0.25, 0.3) is 0 Å². The number of piperidine rings is 1. The fourth-order valence-corrected chi connectivity index (χ4v) is 6.62. The van der Waals surface area contributed by atoms with Gasteiger partial charge in [0.15, 0.2) is 0 Å². The number of benzene rings is 1. The topological polar surface area (TPSA) is 38.3 Å². The van der Waals surface area contributed by atoms with Crippen LogP contribution in [0, 0.1) is 0 Å². The van der Waals surface area contributed by atoms with Gasteiger partial charge in [0, 0.05) is 17.9 Å². The number of hydrogen-bond donors (Lipinski definition) is 1. The highest BCUT2D eigenvalue weighted by Gasteiger charge is 2.51. The number of hydrogen-bond acceptors (Lipinski definition) is 5. The van der Waals surface area contributed by atoms with Gasteiger partial charge in [-0.1, -0.05) is 19.1 Å². The van der Waals surface area contributed by atoms with Crippen molar-refractivity contribution in [3.63, 3.8) is 0 Å². The molecule has 3 nitrogen and oxygen atoms in total. The molecular weight excluding hydrogens is 371 g/mol. The van der Waals surface area contributed by atoms with Crippen molar-refractivity contribution in [2.24, 2.45) is 0 Å². The lowest BCUT2D eigenvalue weighted by Gasteiger charge is -2.44. The first-order chi connectivity index (χ1) is 11.9. The lowest BCUT2D eigenvalue weighted by Crippen LogP contribution is -2.53. The minimum Gasteiger partial charge on any atom is -0.458 e. The zero-order valence-corrected chi connectivity index (χ0v) is 15.4. The Kier molecular flexibility index (Phi) is 5.60. The predicted octanol–water partition coefficient (Wildman–Crippen LogP) is 4.24. The van der Waals surface area contributed by atoms with Crippen LogP contribution in [0.2, 0.25) is 0 Å². The van der Waals surface area contributed by atoms with Crippen molar-refractivity contribution in [1.29, 1.82) is 0 Å². The maximum absolute atomic E-state index is 12.8. The number of rotatable bonds is 3. The van der Waals surface area contributed by atoms with Crippen molar-refractivity contribution in [3.05, 3.63) is 35.4 Å². The highest BCUT2D eigenvalue weighted by Crippen LogP contribution is 2.54. The Morgan fingerprint density at radius 1 is 1.28 bits per heavy atom. The summed E-state index contributed by atoms with van der Waals surface area (Å²) in [6.45, 7) is 2.49. The number of alkyl halides is 3. The second-order valence-corrected chi connectivity index (χ2v) is 9.18. The van der Waals surface area contributed by atoms with Gasteiger partial charge in [0.1, 0.15) is 10.2 Å². The molecule has 0 unspecified atom stereocenters. The molecule has 8 heteroatoms. The number of halogens is 3. The number of thioether (sulfide) groups is 2. The molecule has 0 aliphatic carbocycles. The van der Waals surface area contributed by atoms with E-state index in [1.54, 1.807) is 30.4 Å². The summed E-state index contributed by atoms with van der Waals surface area (Å²) in [7, 11) is 0. The summed E-state index contributed by atoms with van der Waals surface area (Å²) in [6.07, 6.45) is -3.61. The average Bonchev–Trinajstić information content (AvgIpc) is 3.05. The van der Waals surface area contributed by atoms with Crippen molar-refractivity contribution >= 4 is 29.5 Å². The van der Waals surface area contributed by atoms with Crippen LogP contribution in [0.1, 0.15) is 36.9 Å². The Labute approximate surface area is 153 Å². The van der Waals surface area contributed by atoms with Gasteiger partial charge >= 0.3 is 12.1 Å². The second kappa shape index (κ2) is 7.40. The van der Waals surface area contributed by atoms with Crippen LogP contribution in [0.15, 0.2) is 24.3 Å². The summed E-state index contributed by atoms with van der Waals surface area (Å²) in [4.78, 5) is 12.0. The van der Waals surface area contributed by atoms with Gasteiger partial charge in [0.05, 0.1) is 11.6 Å². The second-order valence-electron chi connectivity index (χ2n) is 6.07. The molecular formula is C17H20F3NO2S2. The molecule has 2 saturated heterocycles. The van der Waals surface area contributed by atoms with Crippen LogP contribution >= 0.6 is 23.5 Å². The minimum atomic E-state index is -4.36. The zero-order valence-electron chi connectivity index (χ0n) is 13.8. The van der Waals surface area contributed by atoms with Crippen LogP contribution < -0.4 is 5.32 Å². The number of esters is 1.